The Kier molecular flexibility index (Phi) is 4.50. The number of rotatable bonds is 4. The van der Waals surface area contributed by atoms with E-state index in [1.807, 2.05) is 24.3 Å². The second kappa shape index (κ2) is 5.46. The normalized spacial score (nSPS) is 11.2. The first-order valence-corrected chi connectivity index (χ1v) is 5.83. The number of nitrogens with one attached hydrogen (secondary N) is 1. The first-order valence-electron chi connectivity index (χ1n) is 5.03. The standard InChI is InChI=1S/C12H16BrNO2/c1-12(2,11(15)16-3)14-8-9-4-6-10(13)7-5-9/h4-7,14H,8H2,1-3H3. The van der Waals surface area contributed by atoms with Crippen molar-refractivity contribution in [3.05, 3.63) is 34.3 Å². The monoisotopic (exact) mass is 285 g/mol. The third-order valence-electron chi connectivity index (χ3n) is 2.34. The third kappa shape index (κ3) is 3.61. The van der Waals surface area contributed by atoms with Crippen LogP contribution < -0.4 is 5.32 Å². The zero-order chi connectivity index (χ0) is 12.2. The Morgan fingerprint density at radius 2 is 1.94 bits per heavy atom. The maximum absolute atomic E-state index is 11.4. The Morgan fingerprint density at radius 3 is 2.44 bits per heavy atom. The lowest BCUT2D eigenvalue weighted by Gasteiger charge is -2.23. The van der Waals surface area contributed by atoms with Crippen LogP contribution in [0.15, 0.2) is 28.7 Å². The SMILES string of the molecule is COC(=O)C(C)(C)NCc1ccc(Br)cc1. The molecular weight excluding hydrogens is 270 g/mol. The van der Waals surface area contributed by atoms with Crippen molar-refractivity contribution in [1.29, 1.82) is 0 Å². The molecule has 0 aliphatic rings. The molecule has 1 N–H and O–H groups in total. The van der Waals surface area contributed by atoms with Crippen LogP contribution in [0, 0.1) is 0 Å². The molecule has 4 heteroatoms. The van der Waals surface area contributed by atoms with Crippen LogP contribution in [0.5, 0.6) is 0 Å². The maximum atomic E-state index is 11.4. The van der Waals surface area contributed by atoms with Gasteiger partial charge in [-0.15, -0.1) is 0 Å². The van der Waals surface area contributed by atoms with E-state index in [0.717, 1.165) is 10.0 Å². The summed E-state index contributed by atoms with van der Waals surface area (Å²) in [5.74, 6) is -0.260. The van der Waals surface area contributed by atoms with Gasteiger partial charge in [0.2, 0.25) is 0 Å². The van der Waals surface area contributed by atoms with E-state index in [-0.39, 0.29) is 5.97 Å². The van der Waals surface area contributed by atoms with E-state index in [4.69, 9.17) is 4.74 Å². The zero-order valence-electron chi connectivity index (χ0n) is 9.71. The third-order valence-corrected chi connectivity index (χ3v) is 2.87. The van der Waals surface area contributed by atoms with Gasteiger partial charge in [-0.25, -0.2) is 0 Å². The molecule has 16 heavy (non-hydrogen) atoms. The van der Waals surface area contributed by atoms with Gasteiger partial charge in [-0.2, -0.15) is 0 Å². The molecule has 1 rings (SSSR count). The summed E-state index contributed by atoms with van der Waals surface area (Å²) in [5.41, 5.74) is 0.460. The van der Waals surface area contributed by atoms with Crippen LogP contribution in [0.3, 0.4) is 0 Å². The topological polar surface area (TPSA) is 38.3 Å². The Bertz CT molecular complexity index is 360. The van der Waals surface area contributed by atoms with Crippen molar-refractivity contribution in [1.82, 2.24) is 5.32 Å². The van der Waals surface area contributed by atoms with E-state index in [2.05, 4.69) is 21.2 Å². The summed E-state index contributed by atoms with van der Waals surface area (Å²) in [6.07, 6.45) is 0. The van der Waals surface area contributed by atoms with Crippen LogP contribution in [-0.2, 0) is 16.1 Å². The number of hydrogen-bond acceptors (Lipinski definition) is 3. The number of methoxy groups -OCH3 is 1. The van der Waals surface area contributed by atoms with Crippen LogP contribution in [-0.4, -0.2) is 18.6 Å². The van der Waals surface area contributed by atoms with E-state index >= 15 is 0 Å². The number of halogens is 1. The Hall–Kier alpha value is -0.870. The predicted octanol–water partition coefficient (Wildman–Crippen LogP) is 2.49. The van der Waals surface area contributed by atoms with E-state index in [1.165, 1.54) is 7.11 Å². The van der Waals surface area contributed by atoms with Crippen molar-refractivity contribution < 1.29 is 9.53 Å². The Labute approximate surface area is 104 Å². The van der Waals surface area contributed by atoms with E-state index < -0.39 is 5.54 Å². The summed E-state index contributed by atoms with van der Waals surface area (Å²) < 4.78 is 5.76. The van der Waals surface area contributed by atoms with Crippen molar-refractivity contribution in [3.63, 3.8) is 0 Å². The van der Waals surface area contributed by atoms with Crippen LogP contribution in [0.2, 0.25) is 0 Å². The molecule has 0 heterocycles. The highest BCUT2D eigenvalue weighted by Crippen LogP contribution is 2.12. The molecule has 0 aliphatic heterocycles. The van der Waals surface area contributed by atoms with Crippen molar-refractivity contribution >= 4 is 21.9 Å². The van der Waals surface area contributed by atoms with Crippen LogP contribution in [0.25, 0.3) is 0 Å². The lowest BCUT2D eigenvalue weighted by Crippen LogP contribution is -2.46. The number of carbonyl (C=O) groups is 1. The minimum atomic E-state index is -0.665. The molecule has 88 valence electrons. The summed E-state index contributed by atoms with van der Waals surface area (Å²) >= 11 is 3.38. The largest absolute Gasteiger partial charge is 0.468 e. The molecule has 0 fully saturated rings. The molecule has 1 aromatic carbocycles. The molecule has 0 bridgehead atoms. The molecule has 0 radical (unpaired) electrons. The van der Waals surface area contributed by atoms with Gasteiger partial charge in [0.15, 0.2) is 0 Å². The van der Waals surface area contributed by atoms with Gasteiger partial charge < -0.3 is 4.74 Å². The highest BCUT2D eigenvalue weighted by molar-refractivity contribution is 9.10. The first-order chi connectivity index (χ1) is 7.45. The van der Waals surface area contributed by atoms with Gasteiger partial charge >= 0.3 is 5.97 Å². The molecule has 0 saturated carbocycles. The van der Waals surface area contributed by atoms with E-state index in [0.29, 0.717) is 6.54 Å². The number of benzene rings is 1. The minimum Gasteiger partial charge on any atom is -0.468 e. The summed E-state index contributed by atoms with van der Waals surface area (Å²) in [6.45, 7) is 4.24. The molecule has 3 nitrogen and oxygen atoms in total. The highest BCUT2D eigenvalue weighted by Gasteiger charge is 2.27. The fraction of sp³-hybridized carbons (Fsp3) is 0.417. The molecule has 0 aliphatic carbocycles. The zero-order valence-corrected chi connectivity index (χ0v) is 11.3. The van der Waals surface area contributed by atoms with Gasteiger partial charge in [-0.1, -0.05) is 28.1 Å². The fourth-order valence-electron chi connectivity index (χ4n) is 1.25. The minimum absolute atomic E-state index is 0.260. The lowest BCUT2D eigenvalue weighted by atomic mass is 10.1. The van der Waals surface area contributed by atoms with Gasteiger partial charge in [0.05, 0.1) is 7.11 Å². The molecule has 0 unspecified atom stereocenters. The van der Waals surface area contributed by atoms with Gasteiger partial charge in [0, 0.05) is 11.0 Å². The van der Waals surface area contributed by atoms with Crippen LogP contribution >= 0.6 is 15.9 Å². The van der Waals surface area contributed by atoms with Gasteiger partial charge in [0.25, 0.3) is 0 Å². The number of carbonyl (C=O) groups excluding carboxylic acids is 1. The summed E-state index contributed by atoms with van der Waals surface area (Å²) in [7, 11) is 1.39. The molecule has 0 atom stereocenters. The molecule has 0 aromatic heterocycles. The van der Waals surface area contributed by atoms with Gasteiger partial charge in [-0.05, 0) is 31.5 Å². The molecular formula is C12H16BrNO2. The van der Waals surface area contributed by atoms with E-state index in [1.54, 1.807) is 13.8 Å². The van der Waals surface area contributed by atoms with Crippen molar-refractivity contribution in [2.45, 2.75) is 25.9 Å². The average Bonchev–Trinajstić information content (AvgIpc) is 2.27. The molecule has 1 aromatic rings. The first kappa shape index (κ1) is 13.2. The summed E-state index contributed by atoms with van der Waals surface area (Å²) in [6, 6.07) is 7.96. The van der Waals surface area contributed by atoms with Gasteiger partial charge in [-0.3, -0.25) is 10.1 Å². The van der Waals surface area contributed by atoms with Crippen molar-refractivity contribution in [3.8, 4) is 0 Å². The fourth-order valence-corrected chi connectivity index (χ4v) is 1.52. The van der Waals surface area contributed by atoms with Gasteiger partial charge in [0.1, 0.15) is 5.54 Å². The number of esters is 1. The summed E-state index contributed by atoms with van der Waals surface area (Å²) in [4.78, 5) is 11.4. The lowest BCUT2D eigenvalue weighted by molar-refractivity contribution is -0.147. The second-order valence-corrected chi connectivity index (χ2v) is 5.01. The van der Waals surface area contributed by atoms with Crippen LogP contribution in [0.1, 0.15) is 19.4 Å². The van der Waals surface area contributed by atoms with Crippen molar-refractivity contribution in [2.75, 3.05) is 7.11 Å². The average molecular weight is 286 g/mol. The molecule has 0 spiro atoms. The smallest absolute Gasteiger partial charge is 0.325 e. The Morgan fingerprint density at radius 1 is 1.38 bits per heavy atom. The van der Waals surface area contributed by atoms with E-state index in [9.17, 15) is 4.79 Å². The number of ether oxygens (including phenoxy) is 1. The predicted molar refractivity (Wildman–Crippen MR) is 67.1 cm³/mol. The summed E-state index contributed by atoms with van der Waals surface area (Å²) in [5, 5.41) is 3.16. The molecule has 0 amide bonds. The maximum Gasteiger partial charge on any atom is 0.325 e. The van der Waals surface area contributed by atoms with Crippen LogP contribution in [0.4, 0.5) is 0 Å². The quantitative estimate of drug-likeness (QED) is 0.864. The van der Waals surface area contributed by atoms with Crippen molar-refractivity contribution in [2.24, 2.45) is 0 Å². The Balaban J connectivity index is 2.57. The molecule has 0 saturated heterocycles. The highest BCUT2D eigenvalue weighted by atomic mass is 79.9. The second-order valence-electron chi connectivity index (χ2n) is 4.10. The number of hydrogen-bond donors (Lipinski definition) is 1.